The molecule has 0 radical (unpaired) electrons. The average molecular weight is 398 g/mol. The summed E-state index contributed by atoms with van der Waals surface area (Å²) in [6.45, 7) is -0.978. The van der Waals surface area contributed by atoms with Crippen molar-refractivity contribution in [2.45, 2.75) is 43.9 Å². The van der Waals surface area contributed by atoms with E-state index in [2.05, 4.69) is 0 Å². The molecule has 0 fully saturated rings. The van der Waals surface area contributed by atoms with E-state index in [0.29, 0.717) is 0 Å². The Morgan fingerprint density at radius 3 is 1.36 bits per heavy atom. The van der Waals surface area contributed by atoms with E-state index in [1.165, 1.54) is 0 Å². The SMILES string of the molecule is O[C@H](C(F)[C@H](O)[C@H](F)COCc1ccccc1)[C@@H](F)COCc1ccccc1. The van der Waals surface area contributed by atoms with Gasteiger partial charge < -0.3 is 19.7 Å². The zero-order chi connectivity index (χ0) is 20.4. The zero-order valence-corrected chi connectivity index (χ0v) is 15.3. The number of aliphatic hydroxyl groups excluding tert-OH is 2. The van der Waals surface area contributed by atoms with E-state index >= 15 is 0 Å². The van der Waals surface area contributed by atoms with Crippen molar-refractivity contribution >= 4 is 0 Å². The number of halogens is 3. The lowest BCUT2D eigenvalue weighted by atomic mass is 10.0. The van der Waals surface area contributed by atoms with Crippen molar-refractivity contribution in [1.82, 2.24) is 0 Å². The monoisotopic (exact) mass is 398 g/mol. The van der Waals surface area contributed by atoms with Gasteiger partial charge in [0, 0.05) is 0 Å². The molecule has 0 aliphatic rings. The molecule has 0 aromatic heterocycles. The molecule has 7 heteroatoms. The molecule has 0 amide bonds. The van der Waals surface area contributed by atoms with Crippen molar-refractivity contribution in [2.75, 3.05) is 13.2 Å². The van der Waals surface area contributed by atoms with Gasteiger partial charge in [0.05, 0.1) is 26.4 Å². The maximum atomic E-state index is 14.1. The van der Waals surface area contributed by atoms with Crippen LogP contribution in [0.5, 0.6) is 0 Å². The molecular weight excluding hydrogens is 373 g/mol. The molecule has 0 aliphatic carbocycles. The Morgan fingerprint density at radius 1 is 0.643 bits per heavy atom. The van der Waals surface area contributed by atoms with Gasteiger partial charge in [-0.05, 0) is 11.1 Å². The quantitative estimate of drug-likeness (QED) is 0.577. The second-order valence-electron chi connectivity index (χ2n) is 6.46. The molecule has 2 aromatic rings. The molecular formula is C21H25F3O4. The fourth-order valence-corrected chi connectivity index (χ4v) is 2.53. The van der Waals surface area contributed by atoms with Crippen LogP contribution in [-0.2, 0) is 22.7 Å². The van der Waals surface area contributed by atoms with Crippen LogP contribution in [-0.4, -0.2) is 54.1 Å². The number of hydrogen-bond acceptors (Lipinski definition) is 4. The fourth-order valence-electron chi connectivity index (χ4n) is 2.53. The smallest absolute Gasteiger partial charge is 0.157 e. The molecule has 2 rings (SSSR count). The molecule has 2 N–H and O–H groups in total. The third kappa shape index (κ3) is 7.24. The van der Waals surface area contributed by atoms with Crippen LogP contribution in [0.1, 0.15) is 11.1 Å². The predicted molar refractivity (Wildman–Crippen MR) is 98.9 cm³/mol. The average Bonchev–Trinajstić information content (AvgIpc) is 2.73. The van der Waals surface area contributed by atoms with Crippen LogP contribution < -0.4 is 0 Å². The number of rotatable bonds is 12. The van der Waals surface area contributed by atoms with E-state index in [4.69, 9.17) is 9.47 Å². The Bertz CT molecular complexity index is 602. The summed E-state index contributed by atoms with van der Waals surface area (Å²) in [5, 5.41) is 19.4. The third-order valence-electron chi connectivity index (χ3n) is 4.17. The van der Waals surface area contributed by atoms with Gasteiger partial charge in [0.2, 0.25) is 0 Å². The first-order valence-corrected chi connectivity index (χ1v) is 9.00. The van der Waals surface area contributed by atoms with E-state index in [1.54, 1.807) is 48.5 Å². The number of ether oxygens (including phenoxy) is 2. The molecule has 0 spiro atoms. The number of alkyl halides is 3. The lowest BCUT2D eigenvalue weighted by molar-refractivity contribution is -0.0980. The fraction of sp³-hybridized carbons (Fsp3) is 0.429. The molecule has 0 bridgehead atoms. The highest BCUT2D eigenvalue weighted by molar-refractivity contribution is 5.14. The van der Waals surface area contributed by atoms with Crippen LogP contribution in [0.15, 0.2) is 60.7 Å². The summed E-state index contributed by atoms with van der Waals surface area (Å²) >= 11 is 0. The van der Waals surface area contributed by atoms with E-state index < -0.39 is 43.9 Å². The molecule has 1 unspecified atom stereocenters. The van der Waals surface area contributed by atoms with Crippen LogP contribution in [0.3, 0.4) is 0 Å². The Labute approximate surface area is 162 Å². The number of benzene rings is 2. The topological polar surface area (TPSA) is 58.9 Å². The summed E-state index contributed by atoms with van der Waals surface area (Å²) in [4.78, 5) is 0. The molecule has 5 atom stereocenters. The van der Waals surface area contributed by atoms with Crippen molar-refractivity contribution < 1.29 is 32.9 Å². The highest BCUT2D eigenvalue weighted by Gasteiger charge is 2.37. The standard InChI is InChI=1S/C21H25F3O4/c22-17(13-27-11-15-7-3-1-4-8-15)20(25)19(24)21(26)18(23)14-28-12-16-9-5-2-6-10-16/h1-10,17-21,25-26H,11-14H2/t17-,18+,19?,20-,21+. The Kier molecular flexibility index (Phi) is 9.43. The molecule has 0 aliphatic heterocycles. The summed E-state index contributed by atoms with van der Waals surface area (Å²) < 4.78 is 52.2. The lowest BCUT2D eigenvalue weighted by Gasteiger charge is -2.25. The Hall–Kier alpha value is -1.93. The largest absolute Gasteiger partial charge is 0.387 e. The first-order valence-electron chi connectivity index (χ1n) is 9.00. The number of hydrogen-bond donors (Lipinski definition) is 2. The van der Waals surface area contributed by atoms with Gasteiger partial charge in [0.25, 0.3) is 0 Å². The minimum Gasteiger partial charge on any atom is -0.387 e. The van der Waals surface area contributed by atoms with Crippen LogP contribution in [0.25, 0.3) is 0 Å². The van der Waals surface area contributed by atoms with Gasteiger partial charge in [-0.1, -0.05) is 60.7 Å². The highest BCUT2D eigenvalue weighted by Crippen LogP contribution is 2.17. The van der Waals surface area contributed by atoms with Gasteiger partial charge in [-0.3, -0.25) is 0 Å². The van der Waals surface area contributed by atoms with Gasteiger partial charge in [0.1, 0.15) is 12.2 Å². The predicted octanol–water partition coefficient (Wildman–Crippen LogP) is 3.16. The van der Waals surface area contributed by atoms with Crippen LogP contribution >= 0.6 is 0 Å². The minimum atomic E-state index is -2.51. The summed E-state index contributed by atoms with van der Waals surface area (Å²) in [6.07, 6.45) is -11.1. The van der Waals surface area contributed by atoms with Crippen LogP contribution in [0.4, 0.5) is 13.2 Å². The first-order chi connectivity index (χ1) is 13.5. The van der Waals surface area contributed by atoms with E-state index in [0.717, 1.165) is 11.1 Å². The second kappa shape index (κ2) is 11.8. The molecule has 4 nitrogen and oxygen atoms in total. The minimum absolute atomic E-state index is 0.0898. The van der Waals surface area contributed by atoms with Crippen molar-refractivity contribution in [2.24, 2.45) is 0 Å². The van der Waals surface area contributed by atoms with Gasteiger partial charge in [-0.25, -0.2) is 13.2 Å². The molecule has 0 saturated heterocycles. The molecule has 154 valence electrons. The van der Waals surface area contributed by atoms with Gasteiger partial charge in [-0.15, -0.1) is 0 Å². The third-order valence-corrected chi connectivity index (χ3v) is 4.17. The Balaban J connectivity index is 1.71. The normalized spacial score (nSPS) is 16.9. The van der Waals surface area contributed by atoms with E-state index in [1.807, 2.05) is 12.1 Å². The molecule has 28 heavy (non-hydrogen) atoms. The van der Waals surface area contributed by atoms with Gasteiger partial charge >= 0.3 is 0 Å². The summed E-state index contributed by atoms with van der Waals surface area (Å²) in [7, 11) is 0. The molecule has 0 heterocycles. The van der Waals surface area contributed by atoms with Gasteiger partial charge in [0.15, 0.2) is 18.5 Å². The maximum Gasteiger partial charge on any atom is 0.157 e. The summed E-state index contributed by atoms with van der Waals surface area (Å²) in [5.41, 5.74) is 1.58. The summed E-state index contributed by atoms with van der Waals surface area (Å²) in [6, 6.07) is 17.9. The van der Waals surface area contributed by atoms with Gasteiger partial charge in [-0.2, -0.15) is 0 Å². The zero-order valence-electron chi connectivity index (χ0n) is 15.3. The molecule has 0 saturated carbocycles. The van der Waals surface area contributed by atoms with Crippen molar-refractivity contribution in [3.63, 3.8) is 0 Å². The highest BCUT2D eigenvalue weighted by atomic mass is 19.2. The first kappa shape index (κ1) is 22.4. The van der Waals surface area contributed by atoms with Crippen LogP contribution in [0, 0.1) is 0 Å². The van der Waals surface area contributed by atoms with E-state index in [9.17, 15) is 23.4 Å². The van der Waals surface area contributed by atoms with E-state index in [-0.39, 0.29) is 13.2 Å². The lowest BCUT2D eigenvalue weighted by Crippen LogP contribution is -2.46. The summed E-state index contributed by atoms with van der Waals surface area (Å²) in [5.74, 6) is 0. The van der Waals surface area contributed by atoms with Crippen molar-refractivity contribution in [1.29, 1.82) is 0 Å². The number of aliphatic hydroxyl groups is 2. The molecule has 2 aromatic carbocycles. The van der Waals surface area contributed by atoms with Crippen LogP contribution in [0.2, 0.25) is 0 Å². The Morgan fingerprint density at radius 2 is 1.00 bits per heavy atom. The second-order valence-corrected chi connectivity index (χ2v) is 6.46. The van der Waals surface area contributed by atoms with Crippen molar-refractivity contribution in [3.05, 3.63) is 71.8 Å². The maximum absolute atomic E-state index is 14.1. The van der Waals surface area contributed by atoms with Crippen molar-refractivity contribution in [3.8, 4) is 0 Å².